The van der Waals surface area contributed by atoms with Crippen molar-refractivity contribution < 1.29 is 19.2 Å². The number of rotatable bonds is 6. The Morgan fingerprint density at radius 1 is 1.18 bits per heavy atom. The third-order valence-electron chi connectivity index (χ3n) is 3.07. The Morgan fingerprint density at radius 2 is 1.91 bits per heavy atom. The number of hydrogen-bond acceptors (Lipinski definition) is 5. The Labute approximate surface area is 127 Å². The second kappa shape index (κ2) is 7.21. The minimum atomic E-state index is -0.626. The van der Waals surface area contributed by atoms with Crippen molar-refractivity contribution in [3.63, 3.8) is 0 Å². The smallest absolute Gasteiger partial charge is 0.338 e. The van der Waals surface area contributed by atoms with E-state index in [0.717, 1.165) is 11.6 Å². The molecule has 0 spiro atoms. The van der Waals surface area contributed by atoms with Crippen LogP contribution in [0.15, 0.2) is 48.5 Å². The number of benzene rings is 2. The molecule has 6 nitrogen and oxygen atoms in total. The van der Waals surface area contributed by atoms with Crippen LogP contribution in [0.5, 0.6) is 5.75 Å². The van der Waals surface area contributed by atoms with Gasteiger partial charge in [0.1, 0.15) is 0 Å². The van der Waals surface area contributed by atoms with Crippen LogP contribution in [0.1, 0.15) is 15.9 Å². The normalized spacial score (nSPS) is 10.0. The number of nitro groups is 1. The first-order chi connectivity index (χ1) is 10.6. The highest BCUT2D eigenvalue weighted by Crippen LogP contribution is 2.28. The summed E-state index contributed by atoms with van der Waals surface area (Å²) < 4.78 is 10.0. The van der Waals surface area contributed by atoms with E-state index in [0.29, 0.717) is 13.0 Å². The van der Waals surface area contributed by atoms with Crippen LogP contribution in [-0.2, 0) is 11.2 Å². The van der Waals surface area contributed by atoms with Crippen LogP contribution in [0.2, 0.25) is 0 Å². The van der Waals surface area contributed by atoms with Crippen LogP contribution in [0, 0.1) is 10.1 Å². The Kier molecular flexibility index (Phi) is 5.08. The summed E-state index contributed by atoms with van der Waals surface area (Å²) in [5.74, 6) is -0.493. The summed E-state index contributed by atoms with van der Waals surface area (Å²) in [6.07, 6.45) is 0.636. The summed E-state index contributed by atoms with van der Waals surface area (Å²) in [7, 11) is 1.22. The van der Waals surface area contributed by atoms with Gasteiger partial charge in [0.05, 0.1) is 24.2 Å². The van der Waals surface area contributed by atoms with Crippen LogP contribution in [-0.4, -0.2) is 24.6 Å². The molecule has 0 N–H and O–H groups in total. The molecule has 0 aromatic heterocycles. The Morgan fingerprint density at radius 3 is 2.55 bits per heavy atom. The molecule has 0 aliphatic carbocycles. The number of hydrogen-bond donors (Lipinski definition) is 0. The molecule has 0 saturated heterocycles. The fraction of sp³-hybridized carbons (Fsp3) is 0.188. The molecule has 22 heavy (non-hydrogen) atoms. The first-order valence-electron chi connectivity index (χ1n) is 6.65. The van der Waals surface area contributed by atoms with Crippen LogP contribution in [0.4, 0.5) is 5.69 Å². The van der Waals surface area contributed by atoms with Gasteiger partial charge in [0, 0.05) is 12.5 Å². The minimum Gasteiger partial charge on any atom is -0.486 e. The zero-order chi connectivity index (χ0) is 15.9. The highest BCUT2D eigenvalue weighted by atomic mass is 16.6. The van der Waals surface area contributed by atoms with Crippen LogP contribution in [0.25, 0.3) is 0 Å². The van der Waals surface area contributed by atoms with Gasteiger partial charge >= 0.3 is 11.7 Å². The fourth-order valence-corrected chi connectivity index (χ4v) is 1.95. The van der Waals surface area contributed by atoms with E-state index in [2.05, 4.69) is 4.74 Å². The van der Waals surface area contributed by atoms with Crippen molar-refractivity contribution in [2.45, 2.75) is 6.42 Å². The third kappa shape index (κ3) is 3.82. The Hall–Kier alpha value is -2.89. The van der Waals surface area contributed by atoms with Gasteiger partial charge in [-0.3, -0.25) is 10.1 Å². The molecule has 0 aliphatic rings. The second-order valence-corrected chi connectivity index (χ2v) is 4.52. The maximum atomic E-state index is 11.4. The molecule has 6 heteroatoms. The number of methoxy groups -OCH3 is 1. The van der Waals surface area contributed by atoms with Crippen LogP contribution in [0.3, 0.4) is 0 Å². The molecule has 0 unspecified atom stereocenters. The molecule has 2 aromatic rings. The van der Waals surface area contributed by atoms with Crippen molar-refractivity contribution in [3.05, 3.63) is 69.8 Å². The van der Waals surface area contributed by atoms with E-state index in [-0.39, 0.29) is 17.0 Å². The van der Waals surface area contributed by atoms with Gasteiger partial charge < -0.3 is 9.47 Å². The molecule has 114 valence electrons. The van der Waals surface area contributed by atoms with Crippen LogP contribution >= 0.6 is 0 Å². The average Bonchev–Trinajstić information content (AvgIpc) is 2.55. The average molecular weight is 301 g/mol. The lowest BCUT2D eigenvalue weighted by molar-refractivity contribution is -0.385. The maximum absolute atomic E-state index is 11.4. The van der Waals surface area contributed by atoms with Gasteiger partial charge in [0.2, 0.25) is 0 Å². The van der Waals surface area contributed by atoms with Crippen LogP contribution < -0.4 is 4.74 Å². The summed E-state index contributed by atoms with van der Waals surface area (Å²) in [6.45, 7) is 0.308. The summed E-state index contributed by atoms with van der Waals surface area (Å²) in [6, 6.07) is 13.7. The zero-order valence-corrected chi connectivity index (χ0v) is 12.0. The molecule has 0 amide bonds. The molecule has 0 bridgehead atoms. The molecule has 0 atom stereocenters. The van der Waals surface area contributed by atoms with E-state index in [1.807, 2.05) is 30.3 Å². The second-order valence-electron chi connectivity index (χ2n) is 4.52. The molecule has 0 saturated carbocycles. The number of esters is 1. The van der Waals surface area contributed by atoms with Gasteiger partial charge in [-0.2, -0.15) is 0 Å². The van der Waals surface area contributed by atoms with Gasteiger partial charge in [-0.15, -0.1) is 0 Å². The highest BCUT2D eigenvalue weighted by Gasteiger charge is 2.19. The third-order valence-corrected chi connectivity index (χ3v) is 3.07. The lowest BCUT2D eigenvalue weighted by Crippen LogP contribution is -2.06. The van der Waals surface area contributed by atoms with E-state index in [1.165, 1.54) is 19.2 Å². The maximum Gasteiger partial charge on any atom is 0.338 e. The predicted octanol–water partition coefficient (Wildman–Crippen LogP) is 3.00. The van der Waals surface area contributed by atoms with Crippen molar-refractivity contribution >= 4 is 11.7 Å². The minimum absolute atomic E-state index is 0.115. The monoisotopic (exact) mass is 301 g/mol. The fourth-order valence-electron chi connectivity index (χ4n) is 1.95. The molecule has 0 radical (unpaired) electrons. The van der Waals surface area contributed by atoms with Gasteiger partial charge in [0.15, 0.2) is 5.75 Å². The lowest BCUT2D eigenvalue weighted by Gasteiger charge is -2.08. The molecular formula is C16H15NO5. The topological polar surface area (TPSA) is 78.7 Å². The molecule has 0 aliphatic heterocycles. The van der Waals surface area contributed by atoms with E-state index >= 15 is 0 Å². The number of ether oxygens (including phenoxy) is 2. The number of carbonyl (C=O) groups is 1. The molecule has 0 fully saturated rings. The zero-order valence-electron chi connectivity index (χ0n) is 12.0. The van der Waals surface area contributed by atoms with Gasteiger partial charge in [0.25, 0.3) is 0 Å². The van der Waals surface area contributed by atoms with Crippen molar-refractivity contribution in [2.75, 3.05) is 13.7 Å². The van der Waals surface area contributed by atoms with Crippen molar-refractivity contribution in [3.8, 4) is 5.75 Å². The molecular weight excluding hydrogens is 286 g/mol. The highest BCUT2D eigenvalue weighted by molar-refractivity contribution is 5.90. The number of carbonyl (C=O) groups excluding carboxylic acids is 1. The summed E-state index contributed by atoms with van der Waals surface area (Å²) >= 11 is 0. The number of nitro benzene ring substituents is 1. The summed E-state index contributed by atoms with van der Waals surface area (Å²) in [5, 5.41) is 11.1. The molecule has 2 aromatic carbocycles. The molecule has 0 heterocycles. The standard InChI is InChI=1S/C16H15NO5/c1-21-16(18)13-7-8-15(14(11-13)17(19)20)22-10-9-12-5-3-2-4-6-12/h2-8,11H,9-10H2,1H3. The van der Waals surface area contributed by atoms with Gasteiger partial charge in [-0.25, -0.2) is 4.79 Å². The first kappa shape index (κ1) is 15.5. The van der Waals surface area contributed by atoms with Gasteiger partial charge in [-0.1, -0.05) is 30.3 Å². The van der Waals surface area contributed by atoms with E-state index in [1.54, 1.807) is 0 Å². The molecule has 2 rings (SSSR count). The SMILES string of the molecule is COC(=O)c1ccc(OCCc2ccccc2)c([N+](=O)[O-])c1. The van der Waals surface area contributed by atoms with Crippen molar-refractivity contribution in [1.29, 1.82) is 0 Å². The van der Waals surface area contributed by atoms with Crippen molar-refractivity contribution in [2.24, 2.45) is 0 Å². The van der Waals surface area contributed by atoms with Crippen molar-refractivity contribution in [1.82, 2.24) is 0 Å². The summed E-state index contributed by atoms with van der Waals surface area (Å²) in [5.41, 5.74) is 0.942. The van der Waals surface area contributed by atoms with E-state index < -0.39 is 10.9 Å². The first-order valence-corrected chi connectivity index (χ1v) is 6.65. The summed E-state index contributed by atoms with van der Waals surface area (Å²) in [4.78, 5) is 21.9. The number of nitrogens with zero attached hydrogens (tertiary/aromatic N) is 1. The van der Waals surface area contributed by atoms with E-state index in [4.69, 9.17) is 4.74 Å². The van der Waals surface area contributed by atoms with E-state index in [9.17, 15) is 14.9 Å². The quantitative estimate of drug-likeness (QED) is 0.465. The predicted molar refractivity (Wildman–Crippen MR) is 80.1 cm³/mol. The van der Waals surface area contributed by atoms with Gasteiger partial charge in [-0.05, 0) is 17.7 Å². The Bertz CT molecular complexity index is 669. The largest absolute Gasteiger partial charge is 0.486 e. The lowest BCUT2D eigenvalue weighted by atomic mass is 10.1. The Balaban J connectivity index is 2.09.